The Morgan fingerprint density at radius 2 is 1.90 bits per heavy atom. The van der Waals surface area contributed by atoms with Crippen LogP contribution in [0.3, 0.4) is 0 Å². The number of para-hydroxylation sites is 3. The number of ether oxygens (including phenoxy) is 1. The molecule has 0 atom stereocenters. The Morgan fingerprint density at radius 1 is 1.15 bits per heavy atom. The molecule has 0 unspecified atom stereocenters. The minimum Gasteiger partial charge on any atom is -0.494 e. The largest absolute Gasteiger partial charge is 0.494 e. The zero-order valence-electron chi connectivity index (χ0n) is 10.9. The second-order valence-electron chi connectivity index (χ2n) is 4.13. The number of methoxy groups -OCH3 is 1. The van der Waals surface area contributed by atoms with Gasteiger partial charge in [-0.1, -0.05) is 29.5 Å². The van der Waals surface area contributed by atoms with E-state index in [1.54, 1.807) is 7.11 Å². The predicted molar refractivity (Wildman–Crippen MR) is 77.2 cm³/mol. The van der Waals surface area contributed by atoms with E-state index in [0.29, 0.717) is 11.4 Å². The SMILES string of the molecule is COc1ccccc1N=C(N)n1nnc2ccccc21. The van der Waals surface area contributed by atoms with Gasteiger partial charge in [-0.25, -0.2) is 4.99 Å². The molecule has 0 spiro atoms. The van der Waals surface area contributed by atoms with Gasteiger partial charge in [-0.15, -0.1) is 5.10 Å². The van der Waals surface area contributed by atoms with Crippen molar-refractivity contribution in [1.82, 2.24) is 15.0 Å². The number of benzene rings is 2. The van der Waals surface area contributed by atoms with Crippen molar-refractivity contribution >= 4 is 22.7 Å². The summed E-state index contributed by atoms with van der Waals surface area (Å²) < 4.78 is 6.74. The van der Waals surface area contributed by atoms with E-state index < -0.39 is 0 Å². The third kappa shape index (κ3) is 2.07. The van der Waals surface area contributed by atoms with Crippen molar-refractivity contribution in [2.24, 2.45) is 10.7 Å². The molecule has 0 saturated heterocycles. The van der Waals surface area contributed by atoms with E-state index in [-0.39, 0.29) is 5.96 Å². The first-order valence-electron chi connectivity index (χ1n) is 6.07. The fourth-order valence-electron chi connectivity index (χ4n) is 1.93. The maximum atomic E-state index is 6.02. The third-order valence-electron chi connectivity index (χ3n) is 2.89. The Hall–Kier alpha value is -2.89. The number of rotatable bonds is 2. The van der Waals surface area contributed by atoms with Crippen molar-refractivity contribution in [3.63, 3.8) is 0 Å². The summed E-state index contributed by atoms with van der Waals surface area (Å²) in [4.78, 5) is 4.35. The molecule has 0 saturated carbocycles. The maximum absolute atomic E-state index is 6.02. The number of nitrogens with zero attached hydrogens (tertiary/aromatic N) is 4. The second kappa shape index (κ2) is 5.00. The lowest BCUT2D eigenvalue weighted by Crippen LogP contribution is -2.23. The van der Waals surface area contributed by atoms with E-state index >= 15 is 0 Å². The average molecular weight is 267 g/mol. The van der Waals surface area contributed by atoms with Crippen LogP contribution in [0.25, 0.3) is 11.0 Å². The molecule has 3 rings (SSSR count). The Morgan fingerprint density at radius 3 is 2.75 bits per heavy atom. The number of aliphatic imine (C=N–C) groups is 1. The van der Waals surface area contributed by atoms with Crippen LogP contribution in [0.4, 0.5) is 5.69 Å². The molecular formula is C14H13N5O. The van der Waals surface area contributed by atoms with E-state index in [0.717, 1.165) is 11.0 Å². The molecule has 0 bridgehead atoms. The molecular weight excluding hydrogens is 254 g/mol. The minimum atomic E-state index is 0.239. The highest BCUT2D eigenvalue weighted by molar-refractivity contribution is 5.91. The standard InChI is InChI=1S/C14H13N5O/c1-20-13-9-5-3-7-11(13)16-14(15)19-12-8-4-2-6-10(12)17-18-19/h2-9H,1H3,(H2,15,16). The fourth-order valence-corrected chi connectivity index (χ4v) is 1.93. The van der Waals surface area contributed by atoms with Crippen molar-refractivity contribution in [3.05, 3.63) is 48.5 Å². The lowest BCUT2D eigenvalue weighted by atomic mass is 10.3. The number of aromatic nitrogens is 3. The van der Waals surface area contributed by atoms with Gasteiger partial charge in [0.1, 0.15) is 17.0 Å². The first kappa shape index (κ1) is 12.2. The van der Waals surface area contributed by atoms with Gasteiger partial charge in [-0.05, 0) is 24.3 Å². The zero-order chi connectivity index (χ0) is 13.9. The van der Waals surface area contributed by atoms with Crippen LogP contribution >= 0.6 is 0 Å². The highest BCUT2D eigenvalue weighted by Gasteiger charge is 2.08. The van der Waals surface area contributed by atoms with E-state index in [2.05, 4.69) is 15.3 Å². The van der Waals surface area contributed by atoms with Crippen LogP contribution in [0.2, 0.25) is 0 Å². The van der Waals surface area contributed by atoms with Gasteiger partial charge in [-0.3, -0.25) is 0 Å². The van der Waals surface area contributed by atoms with E-state index in [1.165, 1.54) is 4.68 Å². The molecule has 20 heavy (non-hydrogen) atoms. The van der Waals surface area contributed by atoms with Crippen molar-refractivity contribution in [2.45, 2.75) is 0 Å². The Bertz CT molecular complexity index is 778. The molecule has 6 nitrogen and oxygen atoms in total. The number of hydrogen-bond acceptors (Lipinski definition) is 4. The van der Waals surface area contributed by atoms with Gasteiger partial charge in [0, 0.05) is 0 Å². The molecule has 2 N–H and O–H groups in total. The van der Waals surface area contributed by atoms with E-state index in [4.69, 9.17) is 10.5 Å². The Kier molecular flexibility index (Phi) is 3.04. The summed E-state index contributed by atoms with van der Waals surface area (Å²) >= 11 is 0. The van der Waals surface area contributed by atoms with Crippen LogP contribution in [0.5, 0.6) is 5.75 Å². The van der Waals surface area contributed by atoms with Gasteiger partial charge in [-0.2, -0.15) is 4.68 Å². The van der Waals surface area contributed by atoms with Crippen LogP contribution < -0.4 is 10.5 Å². The quantitative estimate of drug-likeness (QED) is 0.568. The normalized spacial score (nSPS) is 11.8. The molecule has 0 fully saturated rings. The predicted octanol–water partition coefficient (Wildman–Crippen LogP) is 1.93. The summed E-state index contributed by atoms with van der Waals surface area (Å²) in [5, 5.41) is 8.06. The first-order valence-corrected chi connectivity index (χ1v) is 6.07. The smallest absolute Gasteiger partial charge is 0.223 e. The Balaban J connectivity index is 2.08. The second-order valence-corrected chi connectivity index (χ2v) is 4.13. The van der Waals surface area contributed by atoms with Crippen LogP contribution in [0, 0.1) is 0 Å². The lowest BCUT2D eigenvalue weighted by Gasteiger charge is -2.05. The summed E-state index contributed by atoms with van der Waals surface area (Å²) in [6, 6.07) is 15.0. The summed E-state index contributed by atoms with van der Waals surface area (Å²) in [6.45, 7) is 0. The topological polar surface area (TPSA) is 78.3 Å². The molecule has 6 heteroatoms. The molecule has 100 valence electrons. The molecule has 0 aliphatic carbocycles. The summed E-state index contributed by atoms with van der Waals surface area (Å²) in [6.07, 6.45) is 0. The summed E-state index contributed by atoms with van der Waals surface area (Å²) in [5.41, 5.74) is 8.24. The molecule has 0 amide bonds. The van der Waals surface area contributed by atoms with Gasteiger partial charge in [0.05, 0.1) is 12.6 Å². The van der Waals surface area contributed by atoms with Crippen molar-refractivity contribution in [2.75, 3.05) is 7.11 Å². The molecule has 1 aromatic heterocycles. The van der Waals surface area contributed by atoms with Crippen LogP contribution in [-0.2, 0) is 0 Å². The molecule has 3 aromatic rings. The summed E-state index contributed by atoms with van der Waals surface area (Å²) in [5.74, 6) is 0.892. The molecule has 0 aliphatic heterocycles. The van der Waals surface area contributed by atoms with Crippen molar-refractivity contribution in [1.29, 1.82) is 0 Å². The van der Waals surface area contributed by atoms with E-state index in [1.807, 2.05) is 48.5 Å². The van der Waals surface area contributed by atoms with Gasteiger partial charge >= 0.3 is 0 Å². The first-order chi connectivity index (χ1) is 9.79. The summed E-state index contributed by atoms with van der Waals surface area (Å²) in [7, 11) is 1.59. The maximum Gasteiger partial charge on any atom is 0.223 e. The van der Waals surface area contributed by atoms with Crippen LogP contribution in [0.15, 0.2) is 53.5 Å². The minimum absolute atomic E-state index is 0.239. The lowest BCUT2D eigenvalue weighted by molar-refractivity contribution is 0.416. The van der Waals surface area contributed by atoms with E-state index in [9.17, 15) is 0 Å². The zero-order valence-corrected chi connectivity index (χ0v) is 10.9. The van der Waals surface area contributed by atoms with Crippen molar-refractivity contribution < 1.29 is 4.74 Å². The van der Waals surface area contributed by atoms with Gasteiger partial charge < -0.3 is 10.5 Å². The molecule has 0 aliphatic rings. The monoisotopic (exact) mass is 267 g/mol. The Labute approximate surface area is 115 Å². The third-order valence-corrected chi connectivity index (χ3v) is 2.89. The number of fused-ring (bicyclic) bond motifs is 1. The van der Waals surface area contributed by atoms with Crippen molar-refractivity contribution in [3.8, 4) is 5.75 Å². The fraction of sp³-hybridized carbons (Fsp3) is 0.0714. The molecule has 1 heterocycles. The molecule has 0 radical (unpaired) electrons. The van der Waals surface area contributed by atoms with Gasteiger partial charge in [0.2, 0.25) is 5.96 Å². The molecule has 2 aromatic carbocycles. The van der Waals surface area contributed by atoms with Crippen LogP contribution in [0.1, 0.15) is 0 Å². The van der Waals surface area contributed by atoms with Gasteiger partial charge in [0.25, 0.3) is 0 Å². The highest BCUT2D eigenvalue weighted by Crippen LogP contribution is 2.26. The average Bonchev–Trinajstić information content (AvgIpc) is 2.92. The van der Waals surface area contributed by atoms with Crippen LogP contribution in [-0.4, -0.2) is 28.1 Å². The number of hydrogen-bond donors (Lipinski definition) is 1. The highest BCUT2D eigenvalue weighted by atomic mass is 16.5. The number of nitrogens with two attached hydrogens (primary N) is 1. The van der Waals surface area contributed by atoms with Gasteiger partial charge in [0.15, 0.2) is 0 Å².